The van der Waals surface area contributed by atoms with Crippen molar-refractivity contribution in [3.05, 3.63) is 57.2 Å². The van der Waals surface area contributed by atoms with E-state index in [-0.39, 0.29) is 23.4 Å². The molecule has 1 fully saturated rings. The number of esters is 1. The van der Waals surface area contributed by atoms with Crippen LogP contribution in [0.2, 0.25) is 0 Å². The van der Waals surface area contributed by atoms with Gasteiger partial charge < -0.3 is 9.26 Å². The number of hydrogen-bond acceptors (Lipinski definition) is 8. The monoisotopic (exact) mass is 411 g/mol. The van der Waals surface area contributed by atoms with Gasteiger partial charge in [-0.05, 0) is 19.4 Å². The lowest BCUT2D eigenvalue weighted by molar-refractivity contribution is 0.0588. The van der Waals surface area contributed by atoms with Gasteiger partial charge in [0.2, 0.25) is 0 Å². The van der Waals surface area contributed by atoms with Gasteiger partial charge in [0.1, 0.15) is 5.76 Å². The van der Waals surface area contributed by atoms with Crippen molar-refractivity contribution in [2.45, 2.75) is 27.1 Å². The molecule has 0 amide bonds. The first-order valence-corrected chi connectivity index (χ1v) is 9.92. The second kappa shape index (κ2) is 8.37. The number of nitrogens with zero attached hydrogens (tertiary/aromatic N) is 5. The fraction of sp³-hybridized carbons (Fsp3) is 0.429. The van der Waals surface area contributed by atoms with Gasteiger partial charge in [0.15, 0.2) is 11.2 Å². The molecular weight excluding hydrogens is 386 g/mol. The number of hydrogen-bond donors (Lipinski definition) is 0. The lowest BCUT2D eigenvalue weighted by Gasteiger charge is -2.34. The number of carbonyl (C=O) groups is 1. The Hall–Kier alpha value is -3.04. The number of aryl methyl sites for hydroxylation is 2. The molecular formula is C21H25N5O4. The van der Waals surface area contributed by atoms with Crippen LogP contribution in [0.15, 0.2) is 33.6 Å². The van der Waals surface area contributed by atoms with Gasteiger partial charge in [0.25, 0.3) is 5.56 Å². The molecule has 3 heterocycles. The van der Waals surface area contributed by atoms with E-state index >= 15 is 0 Å². The van der Waals surface area contributed by atoms with Gasteiger partial charge in [-0.3, -0.25) is 14.6 Å². The highest BCUT2D eigenvalue weighted by atomic mass is 16.5. The van der Waals surface area contributed by atoms with Crippen molar-refractivity contribution in [2.75, 3.05) is 33.3 Å². The average Bonchev–Trinajstić information content (AvgIpc) is 3.13. The molecule has 0 radical (unpaired) electrons. The van der Waals surface area contributed by atoms with Gasteiger partial charge in [-0.15, -0.1) is 0 Å². The molecule has 0 saturated carbocycles. The molecule has 0 atom stereocenters. The molecule has 158 valence electrons. The first kappa shape index (κ1) is 20.2. The Morgan fingerprint density at radius 3 is 2.60 bits per heavy atom. The van der Waals surface area contributed by atoms with Crippen molar-refractivity contribution in [2.24, 2.45) is 0 Å². The number of carbonyl (C=O) groups excluding carboxylic acids is 1. The van der Waals surface area contributed by atoms with Crippen LogP contribution in [-0.2, 0) is 18.0 Å². The van der Waals surface area contributed by atoms with Crippen molar-refractivity contribution in [1.82, 2.24) is 24.7 Å². The standard InChI is InChI=1S/C21H25N5O4/c1-14-5-4-6-16(11-14)12-24-7-9-25(10-8-24)13-26-20(27)18-17(15(2)30-23-18)19(22-26)21(28)29-3/h4-6,11H,7-10,12-13H2,1-3H3. The van der Waals surface area contributed by atoms with Crippen LogP contribution in [0, 0.1) is 13.8 Å². The van der Waals surface area contributed by atoms with E-state index in [4.69, 9.17) is 9.26 Å². The molecule has 4 rings (SSSR count). The summed E-state index contributed by atoms with van der Waals surface area (Å²) in [5, 5.41) is 8.41. The summed E-state index contributed by atoms with van der Waals surface area (Å²) in [6.07, 6.45) is 0. The molecule has 1 aliphatic heterocycles. The third-order valence-electron chi connectivity index (χ3n) is 5.42. The van der Waals surface area contributed by atoms with Crippen molar-refractivity contribution in [3.8, 4) is 0 Å². The van der Waals surface area contributed by atoms with Gasteiger partial charge in [-0.25, -0.2) is 9.48 Å². The summed E-state index contributed by atoms with van der Waals surface area (Å²) in [5.41, 5.74) is 2.33. The molecule has 2 aromatic heterocycles. The number of benzene rings is 1. The Bertz CT molecular complexity index is 1130. The zero-order valence-electron chi connectivity index (χ0n) is 17.4. The minimum atomic E-state index is -0.622. The zero-order chi connectivity index (χ0) is 21.3. The minimum Gasteiger partial charge on any atom is -0.464 e. The molecule has 1 aliphatic rings. The maximum atomic E-state index is 12.8. The zero-order valence-corrected chi connectivity index (χ0v) is 17.4. The van der Waals surface area contributed by atoms with E-state index < -0.39 is 5.97 Å². The summed E-state index contributed by atoms with van der Waals surface area (Å²) in [4.78, 5) is 29.5. The third-order valence-corrected chi connectivity index (χ3v) is 5.42. The van der Waals surface area contributed by atoms with Gasteiger partial charge in [-0.1, -0.05) is 35.0 Å². The van der Waals surface area contributed by atoms with Crippen LogP contribution in [0.25, 0.3) is 10.9 Å². The normalized spacial score (nSPS) is 15.6. The number of aromatic nitrogens is 3. The molecule has 0 bridgehead atoms. The van der Waals surface area contributed by atoms with Crippen LogP contribution < -0.4 is 5.56 Å². The van der Waals surface area contributed by atoms with Crippen LogP contribution >= 0.6 is 0 Å². The topological polar surface area (TPSA) is 93.7 Å². The Morgan fingerprint density at radius 2 is 1.90 bits per heavy atom. The fourth-order valence-corrected chi connectivity index (χ4v) is 3.82. The summed E-state index contributed by atoms with van der Waals surface area (Å²) in [5.74, 6) is -0.255. The van der Waals surface area contributed by atoms with Crippen LogP contribution in [0.5, 0.6) is 0 Å². The van der Waals surface area contributed by atoms with Gasteiger partial charge in [0, 0.05) is 32.7 Å². The molecule has 0 spiro atoms. The fourth-order valence-electron chi connectivity index (χ4n) is 3.82. The Kier molecular flexibility index (Phi) is 5.65. The Balaban J connectivity index is 1.48. The molecule has 9 heteroatoms. The molecule has 1 aromatic carbocycles. The maximum Gasteiger partial charge on any atom is 0.359 e. The predicted octanol–water partition coefficient (Wildman–Crippen LogP) is 1.56. The molecule has 0 aliphatic carbocycles. The number of methoxy groups -OCH3 is 1. The quantitative estimate of drug-likeness (QED) is 0.584. The van der Waals surface area contributed by atoms with Crippen molar-refractivity contribution in [1.29, 1.82) is 0 Å². The highest BCUT2D eigenvalue weighted by Gasteiger charge is 2.24. The average molecular weight is 411 g/mol. The Morgan fingerprint density at radius 1 is 1.17 bits per heavy atom. The molecule has 0 unspecified atom stereocenters. The summed E-state index contributed by atoms with van der Waals surface area (Å²) in [7, 11) is 1.28. The molecule has 1 saturated heterocycles. The van der Waals surface area contributed by atoms with E-state index in [1.807, 2.05) is 0 Å². The number of fused-ring (bicyclic) bond motifs is 1. The van der Waals surface area contributed by atoms with Gasteiger partial charge in [-0.2, -0.15) is 5.10 Å². The molecule has 9 nitrogen and oxygen atoms in total. The summed E-state index contributed by atoms with van der Waals surface area (Å²) >= 11 is 0. The molecule has 3 aromatic rings. The van der Waals surface area contributed by atoms with Crippen molar-refractivity contribution >= 4 is 16.9 Å². The summed E-state index contributed by atoms with van der Waals surface area (Å²) in [6, 6.07) is 8.53. The first-order chi connectivity index (χ1) is 14.5. The van der Waals surface area contributed by atoms with Crippen molar-refractivity contribution in [3.63, 3.8) is 0 Å². The summed E-state index contributed by atoms with van der Waals surface area (Å²) < 4.78 is 11.2. The van der Waals surface area contributed by atoms with Gasteiger partial charge >= 0.3 is 5.97 Å². The summed E-state index contributed by atoms with van der Waals surface area (Å²) in [6.45, 7) is 8.29. The van der Waals surface area contributed by atoms with E-state index in [0.29, 0.717) is 11.1 Å². The highest BCUT2D eigenvalue weighted by molar-refractivity contribution is 6.01. The minimum absolute atomic E-state index is 0.0453. The van der Waals surface area contributed by atoms with E-state index in [1.54, 1.807) is 6.92 Å². The number of piperazine rings is 1. The van der Waals surface area contributed by atoms with E-state index in [0.717, 1.165) is 32.7 Å². The second-order valence-corrected chi connectivity index (χ2v) is 7.63. The maximum absolute atomic E-state index is 12.8. The van der Waals surface area contributed by atoms with Crippen molar-refractivity contribution < 1.29 is 14.1 Å². The molecule has 0 N–H and O–H groups in total. The van der Waals surface area contributed by atoms with Crippen LogP contribution in [-0.4, -0.2) is 64.0 Å². The lowest BCUT2D eigenvalue weighted by Crippen LogP contribution is -2.47. The highest BCUT2D eigenvalue weighted by Crippen LogP contribution is 2.18. The van der Waals surface area contributed by atoms with E-state index in [1.165, 1.54) is 22.9 Å². The van der Waals surface area contributed by atoms with E-state index in [9.17, 15) is 9.59 Å². The van der Waals surface area contributed by atoms with E-state index in [2.05, 4.69) is 51.2 Å². The SMILES string of the molecule is COC(=O)c1nn(CN2CCN(Cc3cccc(C)c3)CC2)c(=O)c2noc(C)c12. The third kappa shape index (κ3) is 3.99. The smallest absolute Gasteiger partial charge is 0.359 e. The van der Waals surface area contributed by atoms with Crippen LogP contribution in [0.1, 0.15) is 27.4 Å². The largest absolute Gasteiger partial charge is 0.464 e. The molecule has 30 heavy (non-hydrogen) atoms. The lowest BCUT2D eigenvalue weighted by atomic mass is 10.1. The predicted molar refractivity (Wildman–Crippen MR) is 110 cm³/mol. The van der Waals surface area contributed by atoms with Crippen LogP contribution in [0.3, 0.4) is 0 Å². The Labute approximate surface area is 173 Å². The van der Waals surface area contributed by atoms with Gasteiger partial charge in [0.05, 0.1) is 19.2 Å². The first-order valence-electron chi connectivity index (χ1n) is 9.92. The number of ether oxygens (including phenoxy) is 1. The number of rotatable bonds is 5. The second-order valence-electron chi connectivity index (χ2n) is 7.63. The van der Waals surface area contributed by atoms with Crippen LogP contribution in [0.4, 0.5) is 0 Å².